The van der Waals surface area contributed by atoms with Crippen LogP contribution in [0.2, 0.25) is 0 Å². The number of aromatic hydroxyl groups is 1. The summed E-state index contributed by atoms with van der Waals surface area (Å²) in [4.78, 5) is 13.7. The van der Waals surface area contributed by atoms with E-state index in [1.165, 1.54) is 19.4 Å². The van der Waals surface area contributed by atoms with Gasteiger partial charge in [0.15, 0.2) is 11.5 Å². The number of phenolic OH excluding ortho intramolecular Hbond substituents is 1. The third-order valence-corrected chi connectivity index (χ3v) is 3.17. The summed E-state index contributed by atoms with van der Waals surface area (Å²) in [5, 5.41) is 13.4. The second kappa shape index (κ2) is 6.91. The van der Waals surface area contributed by atoms with E-state index in [0.29, 0.717) is 12.3 Å². The van der Waals surface area contributed by atoms with Gasteiger partial charge in [0.1, 0.15) is 0 Å². The molecule has 0 aliphatic carbocycles. The number of nitrogens with one attached hydrogen (secondary N) is 1. The van der Waals surface area contributed by atoms with Gasteiger partial charge in [-0.25, -0.2) is 5.43 Å². The molecule has 2 N–H and O–H groups in total. The summed E-state index contributed by atoms with van der Waals surface area (Å²) in [6, 6.07) is 4.85. The molecule has 20 heavy (non-hydrogen) atoms. The summed E-state index contributed by atoms with van der Waals surface area (Å²) in [5.41, 5.74) is 3.23. The molecule has 0 unspecified atom stereocenters. The molecule has 6 heteroatoms. The summed E-state index contributed by atoms with van der Waals surface area (Å²) in [7, 11) is 1.48. The minimum absolute atomic E-state index is 0.0720. The normalized spacial score (nSPS) is 15.7. The number of methoxy groups -OCH3 is 1. The molecular formula is C14H19N3O3. The molecule has 2 rings (SSSR count). The first-order valence-electron chi connectivity index (χ1n) is 6.60. The van der Waals surface area contributed by atoms with Crippen LogP contribution in [-0.4, -0.2) is 48.9 Å². The number of hydrazone groups is 1. The van der Waals surface area contributed by atoms with Crippen molar-refractivity contribution < 1.29 is 14.6 Å². The number of ether oxygens (including phenoxy) is 1. The van der Waals surface area contributed by atoms with E-state index in [-0.39, 0.29) is 11.7 Å². The van der Waals surface area contributed by atoms with E-state index in [9.17, 15) is 9.90 Å². The van der Waals surface area contributed by atoms with Crippen LogP contribution in [0.5, 0.6) is 11.5 Å². The Kier molecular flexibility index (Phi) is 4.95. The second-order valence-corrected chi connectivity index (χ2v) is 4.71. The van der Waals surface area contributed by atoms with Crippen molar-refractivity contribution >= 4 is 12.1 Å². The summed E-state index contributed by atoms with van der Waals surface area (Å²) >= 11 is 0. The highest BCUT2D eigenvalue weighted by atomic mass is 16.5. The van der Waals surface area contributed by atoms with Crippen molar-refractivity contribution in [3.05, 3.63) is 23.8 Å². The van der Waals surface area contributed by atoms with Crippen molar-refractivity contribution in [3.63, 3.8) is 0 Å². The van der Waals surface area contributed by atoms with Gasteiger partial charge in [-0.1, -0.05) is 0 Å². The van der Waals surface area contributed by atoms with Gasteiger partial charge in [0.05, 0.1) is 19.9 Å². The number of hydrogen-bond donors (Lipinski definition) is 2. The van der Waals surface area contributed by atoms with Crippen molar-refractivity contribution in [2.24, 2.45) is 5.10 Å². The van der Waals surface area contributed by atoms with Crippen molar-refractivity contribution in [2.75, 3.05) is 26.7 Å². The maximum Gasteiger partial charge on any atom is 0.254 e. The number of carbonyl (C=O) groups is 1. The van der Waals surface area contributed by atoms with Crippen LogP contribution in [0.3, 0.4) is 0 Å². The molecule has 0 bridgehead atoms. The lowest BCUT2D eigenvalue weighted by atomic mass is 10.2. The first-order valence-corrected chi connectivity index (χ1v) is 6.60. The summed E-state index contributed by atoms with van der Waals surface area (Å²) in [6.07, 6.45) is 3.83. The van der Waals surface area contributed by atoms with E-state index >= 15 is 0 Å². The molecule has 1 fully saturated rings. The molecule has 1 aromatic rings. The molecule has 1 amide bonds. The Morgan fingerprint density at radius 3 is 2.95 bits per heavy atom. The van der Waals surface area contributed by atoms with Crippen LogP contribution in [0.4, 0.5) is 0 Å². The van der Waals surface area contributed by atoms with Crippen LogP contribution >= 0.6 is 0 Å². The molecule has 1 aliphatic heterocycles. The van der Waals surface area contributed by atoms with Gasteiger partial charge in [-0.15, -0.1) is 0 Å². The third kappa shape index (κ3) is 3.96. The maximum absolute atomic E-state index is 11.6. The number of benzene rings is 1. The fraction of sp³-hybridized carbons (Fsp3) is 0.429. The number of hydrogen-bond acceptors (Lipinski definition) is 5. The van der Waals surface area contributed by atoms with Crippen molar-refractivity contribution in [3.8, 4) is 11.5 Å². The summed E-state index contributed by atoms with van der Waals surface area (Å²) in [6.45, 7) is 2.34. The molecule has 0 aromatic heterocycles. The number of nitrogens with zero attached hydrogens (tertiary/aromatic N) is 2. The predicted octanol–water partition coefficient (Wildman–Crippen LogP) is 0.947. The highest BCUT2D eigenvalue weighted by Crippen LogP contribution is 2.25. The number of carbonyl (C=O) groups excluding carboxylic acids is 1. The average Bonchev–Trinajstić information content (AvgIpc) is 2.93. The highest BCUT2D eigenvalue weighted by Gasteiger charge is 2.14. The first-order chi connectivity index (χ1) is 9.69. The summed E-state index contributed by atoms with van der Waals surface area (Å²) < 4.78 is 5.00. The monoisotopic (exact) mass is 277 g/mol. The average molecular weight is 277 g/mol. The van der Waals surface area contributed by atoms with Crippen LogP contribution in [0, 0.1) is 0 Å². The van der Waals surface area contributed by atoms with E-state index in [1.54, 1.807) is 12.1 Å². The SMILES string of the molecule is COc1cc(C=NNC(=O)CN2CCCC2)ccc1O. The molecule has 0 atom stereocenters. The van der Waals surface area contributed by atoms with Gasteiger partial charge >= 0.3 is 0 Å². The van der Waals surface area contributed by atoms with Crippen molar-refractivity contribution in [2.45, 2.75) is 12.8 Å². The predicted molar refractivity (Wildman–Crippen MR) is 76.1 cm³/mol. The fourth-order valence-corrected chi connectivity index (χ4v) is 2.13. The van der Waals surface area contributed by atoms with E-state index in [0.717, 1.165) is 31.5 Å². The lowest BCUT2D eigenvalue weighted by Gasteiger charge is -2.12. The Labute approximate surface area is 118 Å². The van der Waals surface area contributed by atoms with Gasteiger partial charge in [0.2, 0.25) is 0 Å². The third-order valence-electron chi connectivity index (χ3n) is 3.17. The van der Waals surface area contributed by atoms with Gasteiger partial charge in [0, 0.05) is 0 Å². The largest absolute Gasteiger partial charge is 0.504 e. The molecule has 108 valence electrons. The molecule has 6 nitrogen and oxygen atoms in total. The number of rotatable bonds is 5. The standard InChI is InChI=1S/C14H19N3O3/c1-20-13-8-11(4-5-12(13)18)9-15-16-14(19)10-17-6-2-3-7-17/h4-5,8-9,18H,2-3,6-7,10H2,1H3,(H,16,19). The van der Waals surface area contributed by atoms with Crippen LogP contribution in [0.25, 0.3) is 0 Å². The molecule has 1 aromatic carbocycles. The Hall–Kier alpha value is -2.08. The Bertz CT molecular complexity index is 496. The van der Waals surface area contributed by atoms with E-state index in [1.807, 2.05) is 0 Å². The fourth-order valence-electron chi connectivity index (χ4n) is 2.13. The molecule has 0 radical (unpaired) electrons. The van der Waals surface area contributed by atoms with E-state index in [2.05, 4.69) is 15.4 Å². The smallest absolute Gasteiger partial charge is 0.254 e. The highest BCUT2D eigenvalue weighted by molar-refractivity contribution is 5.83. The number of likely N-dealkylation sites (tertiary alicyclic amines) is 1. The zero-order chi connectivity index (χ0) is 14.4. The van der Waals surface area contributed by atoms with Crippen molar-refractivity contribution in [1.29, 1.82) is 0 Å². The van der Waals surface area contributed by atoms with Gasteiger partial charge in [0.25, 0.3) is 5.91 Å². The van der Waals surface area contributed by atoms with Crippen molar-refractivity contribution in [1.82, 2.24) is 10.3 Å². The maximum atomic E-state index is 11.6. The second-order valence-electron chi connectivity index (χ2n) is 4.71. The topological polar surface area (TPSA) is 74.2 Å². The van der Waals surface area contributed by atoms with Gasteiger partial charge in [-0.05, 0) is 49.7 Å². The summed E-state index contributed by atoms with van der Waals surface area (Å²) in [5.74, 6) is 0.328. The number of amides is 1. The van der Waals surface area contributed by atoms with Gasteiger partial charge < -0.3 is 9.84 Å². The lowest BCUT2D eigenvalue weighted by Crippen LogP contribution is -2.33. The van der Waals surface area contributed by atoms with Crippen LogP contribution < -0.4 is 10.2 Å². The molecule has 1 aliphatic rings. The lowest BCUT2D eigenvalue weighted by molar-refractivity contribution is -0.121. The van der Waals surface area contributed by atoms with Gasteiger partial charge in [-0.2, -0.15) is 5.10 Å². The van der Waals surface area contributed by atoms with Crippen LogP contribution in [0.1, 0.15) is 18.4 Å². The van der Waals surface area contributed by atoms with E-state index in [4.69, 9.17) is 4.74 Å². The molecule has 1 saturated heterocycles. The number of phenols is 1. The molecule has 0 spiro atoms. The quantitative estimate of drug-likeness (QED) is 0.620. The Balaban J connectivity index is 1.84. The van der Waals surface area contributed by atoms with Gasteiger partial charge in [-0.3, -0.25) is 9.69 Å². The Morgan fingerprint density at radius 2 is 2.25 bits per heavy atom. The molecule has 1 heterocycles. The minimum Gasteiger partial charge on any atom is -0.504 e. The molecular weight excluding hydrogens is 258 g/mol. The Morgan fingerprint density at radius 1 is 1.50 bits per heavy atom. The zero-order valence-electron chi connectivity index (χ0n) is 11.5. The minimum atomic E-state index is -0.117. The van der Waals surface area contributed by atoms with E-state index < -0.39 is 0 Å². The zero-order valence-corrected chi connectivity index (χ0v) is 11.5. The first kappa shape index (κ1) is 14.3. The van der Waals surface area contributed by atoms with Crippen LogP contribution in [-0.2, 0) is 4.79 Å². The molecule has 0 saturated carbocycles. The van der Waals surface area contributed by atoms with Crippen LogP contribution in [0.15, 0.2) is 23.3 Å².